The summed E-state index contributed by atoms with van der Waals surface area (Å²) in [6.45, 7) is 12.0. The average molecular weight is 421 g/mol. The molecule has 4 aliphatic carbocycles. The fraction of sp³-hybridized carbons (Fsp3) is 1.00. The summed E-state index contributed by atoms with van der Waals surface area (Å²) in [6.07, 6.45) is 10.7. The molecular weight excluding hydrogens is 372 g/mol. The Morgan fingerprint density at radius 3 is 2.33 bits per heavy atom. The third kappa shape index (κ3) is 3.41. The SMILES string of the molecule is CC(C)CCC[C@H](C)[C@@H]1CC[C@@H]2[C@@H]3C[C@H](O)[C@@]4(O)C[C@H](O)CC[C@]4(C)[C@H]3CC[C@]21C. The van der Waals surface area contributed by atoms with Gasteiger partial charge in [-0.1, -0.05) is 53.9 Å². The van der Waals surface area contributed by atoms with Crippen molar-refractivity contribution in [2.24, 2.45) is 46.3 Å². The van der Waals surface area contributed by atoms with Crippen molar-refractivity contribution in [3.05, 3.63) is 0 Å². The second-order valence-electron chi connectivity index (χ2n) is 12.9. The minimum atomic E-state index is -1.11. The minimum absolute atomic E-state index is 0.253. The van der Waals surface area contributed by atoms with Gasteiger partial charge in [-0.15, -0.1) is 0 Å². The molecule has 0 aromatic carbocycles. The number of hydrogen-bond acceptors (Lipinski definition) is 3. The highest BCUT2D eigenvalue weighted by atomic mass is 16.3. The Balaban J connectivity index is 1.53. The first-order valence-corrected chi connectivity index (χ1v) is 13.1. The molecule has 174 valence electrons. The van der Waals surface area contributed by atoms with Crippen LogP contribution in [0.4, 0.5) is 0 Å². The zero-order valence-corrected chi connectivity index (χ0v) is 20.2. The molecule has 0 heterocycles. The number of hydrogen-bond donors (Lipinski definition) is 3. The van der Waals surface area contributed by atoms with Crippen molar-refractivity contribution in [2.75, 3.05) is 0 Å². The summed E-state index contributed by atoms with van der Waals surface area (Å²) in [5.74, 6) is 4.13. The maximum absolute atomic E-state index is 11.6. The Morgan fingerprint density at radius 2 is 1.63 bits per heavy atom. The highest BCUT2D eigenvalue weighted by molar-refractivity contribution is 5.17. The van der Waals surface area contributed by atoms with Crippen LogP contribution in [0, 0.1) is 46.3 Å². The molecule has 10 atom stereocenters. The molecule has 0 radical (unpaired) electrons. The zero-order chi connectivity index (χ0) is 21.9. The van der Waals surface area contributed by atoms with E-state index in [1.165, 1.54) is 44.9 Å². The van der Waals surface area contributed by atoms with Crippen LogP contribution in [-0.2, 0) is 0 Å². The lowest BCUT2D eigenvalue weighted by Crippen LogP contribution is -2.68. The summed E-state index contributed by atoms with van der Waals surface area (Å²) in [5.41, 5.74) is -0.962. The van der Waals surface area contributed by atoms with Gasteiger partial charge in [0, 0.05) is 11.8 Å². The van der Waals surface area contributed by atoms with Crippen LogP contribution in [0.2, 0.25) is 0 Å². The van der Waals surface area contributed by atoms with Crippen LogP contribution in [0.3, 0.4) is 0 Å². The summed E-state index contributed by atoms with van der Waals surface area (Å²) in [7, 11) is 0. The molecule has 3 nitrogen and oxygen atoms in total. The predicted molar refractivity (Wildman–Crippen MR) is 122 cm³/mol. The first-order chi connectivity index (χ1) is 14.0. The van der Waals surface area contributed by atoms with Crippen molar-refractivity contribution >= 4 is 0 Å². The van der Waals surface area contributed by atoms with Crippen molar-refractivity contribution in [3.8, 4) is 0 Å². The van der Waals surface area contributed by atoms with E-state index in [0.29, 0.717) is 29.6 Å². The van der Waals surface area contributed by atoms with E-state index in [0.717, 1.165) is 37.0 Å². The van der Waals surface area contributed by atoms with Crippen LogP contribution in [0.1, 0.15) is 105 Å². The molecule has 0 saturated heterocycles. The van der Waals surface area contributed by atoms with E-state index >= 15 is 0 Å². The van der Waals surface area contributed by atoms with E-state index in [2.05, 4.69) is 34.6 Å². The fourth-order valence-electron chi connectivity index (χ4n) is 9.29. The van der Waals surface area contributed by atoms with E-state index in [4.69, 9.17) is 0 Å². The molecule has 4 fully saturated rings. The minimum Gasteiger partial charge on any atom is -0.393 e. The van der Waals surface area contributed by atoms with Crippen LogP contribution in [0.5, 0.6) is 0 Å². The summed E-state index contributed by atoms with van der Waals surface area (Å²) in [6, 6.07) is 0. The van der Waals surface area contributed by atoms with Gasteiger partial charge in [0.2, 0.25) is 0 Å². The zero-order valence-electron chi connectivity index (χ0n) is 20.2. The lowest BCUT2D eigenvalue weighted by atomic mass is 9.42. The van der Waals surface area contributed by atoms with Gasteiger partial charge in [-0.3, -0.25) is 0 Å². The maximum Gasteiger partial charge on any atom is 0.0985 e. The van der Waals surface area contributed by atoms with E-state index in [-0.39, 0.29) is 5.41 Å². The standard InChI is InChI=1S/C27H48O3/c1-17(2)7-6-8-18(3)21-9-10-22-20-15-24(29)27(30)16-19(28)11-14-26(27,5)23(20)12-13-25(21,22)4/h17-24,28-30H,6-16H2,1-5H3/t18-,19+,20-,21-,22+,23-,24-,25-,26+,27-/m0/s1. The van der Waals surface area contributed by atoms with Crippen molar-refractivity contribution in [1.29, 1.82) is 0 Å². The number of rotatable bonds is 5. The summed E-state index contributed by atoms with van der Waals surface area (Å²) < 4.78 is 0. The van der Waals surface area contributed by atoms with E-state index < -0.39 is 17.8 Å². The molecule has 3 N–H and O–H groups in total. The van der Waals surface area contributed by atoms with Crippen molar-refractivity contribution in [2.45, 2.75) is 123 Å². The van der Waals surface area contributed by atoms with Gasteiger partial charge in [0.25, 0.3) is 0 Å². The normalized spacial score (nSPS) is 51.9. The van der Waals surface area contributed by atoms with Crippen molar-refractivity contribution < 1.29 is 15.3 Å². The number of aliphatic hydroxyl groups is 3. The maximum atomic E-state index is 11.6. The second kappa shape index (κ2) is 8.03. The van der Waals surface area contributed by atoms with E-state index in [1.54, 1.807) is 0 Å². The number of fused-ring (bicyclic) bond motifs is 5. The van der Waals surface area contributed by atoms with Gasteiger partial charge in [-0.25, -0.2) is 0 Å². The summed E-state index contributed by atoms with van der Waals surface area (Å²) in [4.78, 5) is 0. The first-order valence-electron chi connectivity index (χ1n) is 13.1. The third-order valence-electron chi connectivity index (χ3n) is 11.0. The monoisotopic (exact) mass is 420 g/mol. The van der Waals surface area contributed by atoms with Crippen LogP contribution in [0.15, 0.2) is 0 Å². The van der Waals surface area contributed by atoms with E-state index in [1.807, 2.05) is 0 Å². The molecule has 0 spiro atoms. The Labute approximate surface area is 185 Å². The second-order valence-corrected chi connectivity index (χ2v) is 12.9. The Hall–Kier alpha value is -0.120. The molecule has 0 aromatic rings. The van der Waals surface area contributed by atoms with Gasteiger partial charge in [0.1, 0.15) is 0 Å². The first kappa shape index (κ1) is 23.1. The Bertz CT molecular complexity index is 619. The van der Waals surface area contributed by atoms with Crippen molar-refractivity contribution in [3.63, 3.8) is 0 Å². The smallest absolute Gasteiger partial charge is 0.0985 e. The van der Waals surface area contributed by atoms with Crippen molar-refractivity contribution in [1.82, 2.24) is 0 Å². The van der Waals surface area contributed by atoms with Gasteiger partial charge >= 0.3 is 0 Å². The molecule has 0 unspecified atom stereocenters. The molecule has 4 saturated carbocycles. The molecule has 0 aliphatic heterocycles. The quantitative estimate of drug-likeness (QED) is 0.546. The highest BCUT2D eigenvalue weighted by Gasteiger charge is 2.67. The Kier molecular flexibility index (Phi) is 6.17. The largest absolute Gasteiger partial charge is 0.393 e. The van der Waals surface area contributed by atoms with Gasteiger partial charge < -0.3 is 15.3 Å². The van der Waals surface area contributed by atoms with E-state index in [9.17, 15) is 15.3 Å². The topological polar surface area (TPSA) is 60.7 Å². The molecule has 0 bridgehead atoms. The average Bonchev–Trinajstić information content (AvgIpc) is 3.01. The molecular formula is C27H48O3. The van der Waals surface area contributed by atoms with Gasteiger partial charge in [0.15, 0.2) is 0 Å². The molecule has 0 aromatic heterocycles. The lowest BCUT2D eigenvalue weighted by Gasteiger charge is -2.65. The van der Waals surface area contributed by atoms with Crippen LogP contribution in [-0.4, -0.2) is 33.1 Å². The molecule has 4 rings (SSSR count). The van der Waals surface area contributed by atoms with Gasteiger partial charge in [0.05, 0.1) is 17.8 Å². The molecule has 4 aliphatic rings. The third-order valence-corrected chi connectivity index (χ3v) is 11.0. The molecule has 30 heavy (non-hydrogen) atoms. The lowest BCUT2D eigenvalue weighted by molar-refractivity contribution is -0.264. The van der Waals surface area contributed by atoms with Crippen LogP contribution >= 0.6 is 0 Å². The van der Waals surface area contributed by atoms with Gasteiger partial charge in [-0.2, -0.15) is 0 Å². The van der Waals surface area contributed by atoms with Crippen LogP contribution in [0.25, 0.3) is 0 Å². The van der Waals surface area contributed by atoms with Gasteiger partial charge in [-0.05, 0) is 85.9 Å². The molecule has 0 amide bonds. The predicted octanol–water partition coefficient (Wildman–Crippen LogP) is 5.55. The Morgan fingerprint density at radius 1 is 0.900 bits per heavy atom. The fourth-order valence-corrected chi connectivity index (χ4v) is 9.29. The summed E-state index contributed by atoms with van der Waals surface area (Å²) >= 11 is 0. The number of aliphatic hydroxyl groups excluding tert-OH is 2. The summed E-state index contributed by atoms with van der Waals surface area (Å²) in [5, 5.41) is 33.0. The molecule has 3 heteroatoms. The van der Waals surface area contributed by atoms with Crippen LogP contribution < -0.4 is 0 Å². The highest BCUT2D eigenvalue weighted by Crippen LogP contribution is 2.69.